The van der Waals surface area contributed by atoms with Crippen molar-refractivity contribution in [3.8, 4) is 22.3 Å². The molecule has 0 bridgehead atoms. The summed E-state index contributed by atoms with van der Waals surface area (Å²) >= 11 is 7.48. The van der Waals surface area contributed by atoms with Crippen LogP contribution in [-0.2, 0) is 16.1 Å². The molecule has 5 aromatic carbocycles. The number of aliphatic carboxylic acids is 1. The molecule has 1 amide bonds. The summed E-state index contributed by atoms with van der Waals surface area (Å²) in [4.78, 5) is 41.1. The van der Waals surface area contributed by atoms with E-state index in [4.69, 9.17) is 12.2 Å². The molecule has 0 unspecified atom stereocenters. The number of carbonyl (C=O) groups is 2. The number of thioether (sulfide) groups is 1. The normalized spacial score (nSPS) is 14.4. The van der Waals surface area contributed by atoms with Crippen LogP contribution in [0, 0.1) is 0 Å². The number of hydrogen-bond acceptors (Lipinski definition) is 7. The number of thiocarbonyl (C=S) groups is 1. The minimum atomic E-state index is -1.16. The van der Waals surface area contributed by atoms with Gasteiger partial charge < -0.3 is 10.0 Å². The first-order chi connectivity index (χ1) is 25.8. The van der Waals surface area contributed by atoms with Gasteiger partial charge in [0.2, 0.25) is 0 Å². The highest BCUT2D eigenvalue weighted by Crippen LogP contribution is 2.37. The lowest BCUT2D eigenvalue weighted by Gasteiger charge is -2.26. The molecule has 10 heteroatoms. The van der Waals surface area contributed by atoms with E-state index in [0.29, 0.717) is 15.7 Å². The lowest BCUT2D eigenvalue weighted by Crippen LogP contribution is -2.35. The first kappa shape index (κ1) is 35.6. The zero-order valence-corrected chi connectivity index (χ0v) is 31.0. The van der Waals surface area contributed by atoms with Gasteiger partial charge in [0.15, 0.2) is 0 Å². The summed E-state index contributed by atoms with van der Waals surface area (Å²) in [5.41, 5.74) is 8.38. The second-order valence-corrected chi connectivity index (χ2v) is 14.8. The predicted molar refractivity (Wildman–Crippen MR) is 222 cm³/mol. The highest BCUT2D eigenvalue weighted by Gasteiger charge is 2.35. The number of thiazole rings is 1. The van der Waals surface area contributed by atoms with Gasteiger partial charge in [-0.1, -0.05) is 133 Å². The summed E-state index contributed by atoms with van der Waals surface area (Å²) < 4.78 is 2.62. The molecule has 1 aromatic heterocycles. The molecule has 262 valence electrons. The summed E-state index contributed by atoms with van der Waals surface area (Å²) in [6.07, 6.45) is 5.49. The predicted octanol–water partition coefficient (Wildman–Crippen LogP) is 8.28. The topological polar surface area (TPSA) is 82.8 Å². The van der Waals surface area contributed by atoms with Crippen LogP contribution in [0.5, 0.6) is 0 Å². The van der Waals surface area contributed by atoms with Gasteiger partial charge in [-0.05, 0) is 77.2 Å². The Kier molecular flexibility index (Phi) is 10.6. The maximum absolute atomic E-state index is 13.3. The standard InChI is InChI=1S/C43H33N3O4S3/c1-2-44-40(49)37(52-42(44)39-41(50)45(28-38(47)48)43(51)53-39)15-9-10-29-16-22-34(23-17-29)46(35-24-18-32(19-25-35)30-11-5-3-6-12-30)36-26-20-33(21-27-36)31-13-7-4-8-14-31/h3-27H,2,28H2,1H3,(H,47,48)/b10-9+,37-15+,42-39+. The van der Waals surface area contributed by atoms with Gasteiger partial charge in [0, 0.05) is 23.6 Å². The number of carboxylic acids is 1. The van der Waals surface area contributed by atoms with Gasteiger partial charge in [-0.2, -0.15) is 0 Å². The number of anilines is 3. The maximum atomic E-state index is 13.3. The largest absolute Gasteiger partial charge is 0.480 e. The first-order valence-corrected chi connectivity index (χ1v) is 18.9. The number of aromatic nitrogens is 1. The van der Waals surface area contributed by atoms with Crippen LogP contribution in [0.3, 0.4) is 0 Å². The molecule has 1 N–H and O–H groups in total. The van der Waals surface area contributed by atoms with Crippen LogP contribution in [-0.4, -0.2) is 37.3 Å². The van der Waals surface area contributed by atoms with E-state index in [-0.39, 0.29) is 14.8 Å². The van der Waals surface area contributed by atoms with E-state index in [1.54, 1.807) is 6.08 Å². The van der Waals surface area contributed by atoms with Gasteiger partial charge in [0.1, 0.15) is 20.4 Å². The van der Waals surface area contributed by atoms with Crippen molar-refractivity contribution in [2.75, 3.05) is 11.4 Å². The molecule has 7 nitrogen and oxygen atoms in total. The molecule has 7 rings (SSSR count). The summed E-state index contributed by atoms with van der Waals surface area (Å²) in [5, 5.41) is 9.20. The fourth-order valence-electron chi connectivity index (χ4n) is 6.08. The molecule has 2 heterocycles. The third-order valence-electron chi connectivity index (χ3n) is 8.71. The van der Waals surface area contributed by atoms with Crippen molar-refractivity contribution in [2.24, 2.45) is 0 Å². The number of allylic oxidation sites excluding steroid dienone is 1. The average Bonchev–Trinajstić information content (AvgIpc) is 3.66. The van der Waals surface area contributed by atoms with Gasteiger partial charge in [-0.3, -0.25) is 23.9 Å². The smallest absolute Gasteiger partial charge is 0.323 e. The van der Waals surface area contributed by atoms with E-state index in [9.17, 15) is 19.5 Å². The second-order valence-electron chi connectivity index (χ2n) is 12.1. The van der Waals surface area contributed by atoms with Crippen molar-refractivity contribution in [2.45, 2.75) is 13.5 Å². The molecule has 53 heavy (non-hydrogen) atoms. The van der Waals surface area contributed by atoms with E-state index >= 15 is 0 Å². The molecule has 1 fully saturated rings. The van der Waals surface area contributed by atoms with Crippen LogP contribution in [0.25, 0.3) is 39.3 Å². The van der Waals surface area contributed by atoms with Crippen molar-refractivity contribution in [1.29, 1.82) is 0 Å². The lowest BCUT2D eigenvalue weighted by atomic mass is 10.0. The van der Waals surface area contributed by atoms with Crippen LogP contribution in [0.4, 0.5) is 17.1 Å². The van der Waals surface area contributed by atoms with Crippen LogP contribution in [0.1, 0.15) is 12.5 Å². The monoisotopic (exact) mass is 751 g/mol. The quantitative estimate of drug-likeness (QED) is 0.141. The van der Waals surface area contributed by atoms with Crippen LogP contribution in [0.15, 0.2) is 144 Å². The van der Waals surface area contributed by atoms with E-state index in [0.717, 1.165) is 61.5 Å². The lowest BCUT2D eigenvalue weighted by molar-refractivity contribution is -0.140. The van der Waals surface area contributed by atoms with E-state index < -0.39 is 18.4 Å². The summed E-state index contributed by atoms with van der Waals surface area (Å²) in [6, 6.07) is 46.0. The Balaban J connectivity index is 1.18. The van der Waals surface area contributed by atoms with Gasteiger partial charge in [0.05, 0.1) is 4.53 Å². The van der Waals surface area contributed by atoms with Crippen LogP contribution >= 0.6 is 35.3 Å². The fourth-order valence-corrected chi connectivity index (χ4v) is 8.61. The van der Waals surface area contributed by atoms with Gasteiger partial charge >= 0.3 is 5.97 Å². The molecule has 1 saturated heterocycles. The second kappa shape index (κ2) is 15.8. The maximum Gasteiger partial charge on any atom is 0.323 e. The van der Waals surface area contributed by atoms with E-state index in [1.807, 2.05) is 67.6 Å². The highest BCUT2D eigenvalue weighted by atomic mass is 32.2. The minimum Gasteiger partial charge on any atom is -0.480 e. The Labute approximate surface area is 320 Å². The first-order valence-electron chi connectivity index (χ1n) is 16.9. The number of carbonyl (C=O) groups excluding carboxylic acids is 1. The molecule has 0 atom stereocenters. The molecule has 0 radical (unpaired) electrons. The van der Waals surface area contributed by atoms with Crippen molar-refractivity contribution >= 4 is 85.6 Å². The summed E-state index contributed by atoms with van der Waals surface area (Å²) in [6.45, 7) is 1.66. The molecular weight excluding hydrogens is 719 g/mol. The Morgan fingerprint density at radius 3 is 1.72 bits per heavy atom. The van der Waals surface area contributed by atoms with E-state index in [2.05, 4.69) is 89.8 Å². The average molecular weight is 752 g/mol. The van der Waals surface area contributed by atoms with Gasteiger partial charge in [0.25, 0.3) is 11.5 Å². The van der Waals surface area contributed by atoms with Crippen LogP contribution < -0.4 is 19.7 Å². The van der Waals surface area contributed by atoms with Crippen LogP contribution in [0.2, 0.25) is 0 Å². The zero-order valence-electron chi connectivity index (χ0n) is 28.6. The summed E-state index contributed by atoms with van der Waals surface area (Å²) in [5.74, 6) is -1.65. The Hall–Kier alpha value is -5.81. The molecule has 1 aliphatic heterocycles. The zero-order chi connectivity index (χ0) is 36.9. The third-order valence-corrected chi connectivity index (χ3v) is 11.4. The molecule has 6 aromatic rings. The number of rotatable bonds is 10. The van der Waals surface area contributed by atoms with Crippen molar-refractivity contribution in [3.05, 3.63) is 165 Å². The van der Waals surface area contributed by atoms with Crippen molar-refractivity contribution in [3.63, 3.8) is 0 Å². The molecule has 0 aliphatic carbocycles. The number of hydrogen-bond donors (Lipinski definition) is 1. The van der Waals surface area contributed by atoms with Gasteiger partial charge in [-0.15, -0.1) is 11.3 Å². The van der Waals surface area contributed by atoms with Gasteiger partial charge in [-0.25, -0.2) is 0 Å². The number of carboxylic acid groups (broad SMARTS) is 1. The third kappa shape index (κ3) is 7.71. The Morgan fingerprint density at radius 1 is 0.736 bits per heavy atom. The Morgan fingerprint density at radius 2 is 1.23 bits per heavy atom. The van der Waals surface area contributed by atoms with Crippen molar-refractivity contribution in [1.82, 2.24) is 9.47 Å². The minimum absolute atomic E-state index is 0.164. The molecule has 0 spiro atoms. The fraction of sp³-hybridized carbons (Fsp3) is 0.0698. The van der Waals surface area contributed by atoms with Crippen molar-refractivity contribution < 1.29 is 14.7 Å². The molecular formula is C43H33N3O4S3. The highest BCUT2D eigenvalue weighted by molar-refractivity contribution is 8.30. The summed E-state index contributed by atoms with van der Waals surface area (Å²) in [7, 11) is 0. The van der Waals surface area contributed by atoms with E-state index in [1.165, 1.54) is 15.9 Å². The molecule has 1 aliphatic rings. The number of nitrogens with zero attached hydrogens (tertiary/aromatic N) is 3. The Bertz CT molecular complexity index is 2430. The number of amides is 1. The molecule has 0 saturated carbocycles. The SMILES string of the molecule is CCn1c(=O)/c(=C\C=C\c2ccc(N(c3ccc(-c4ccccc4)cc3)c3ccc(-c4ccccc4)cc3)cc2)s/c1=C1/SC(=S)N(CC(=O)O)C1=O. The number of benzene rings is 5.